The average molecular weight is 803 g/mol. The molecule has 0 spiro atoms. The van der Waals surface area contributed by atoms with Crippen molar-refractivity contribution >= 4 is 93.1 Å². The maximum atomic E-state index is 6.61. The Morgan fingerprint density at radius 1 is 0.333 bits per heavy atom. The first-order chi connectivity index (χ1) is 31.2. The van der Waals surface area contributed by atoms with Gasteiger partial charge >= 0.3 is 0 Å². The fourth-order valence-corrected chi connectivity index (χ4v) is 10.1. The monoisotopic (exact) mass is 802 g/mol. The molecule has 294 valence electrons. The van der Waals surface area contributed by atoms with Crippen molar-refractivity contribution in [3.8, 4) is 27.9 Å². The molecular weight excluding hydrogens is 765 g/mol. The van der Waals surface area contributed by atoms with E-state index in [1.54, 1.807) is 0 Å². The second-order valence-corrected chi connectivity index (χ2v) is 16.5. The summed E-state index contributed by atoms with van der Waals surface area (Å²) in [6.07, 6.45) is 0. The molecule has 2 aromatic heterocycles. The molecule has 0 saturated carbocycles. The van der Waals surface area contributed by atoms with E-state index < -0.39 is 0 Å². The number of hydrogen-bond donors (Lipinski definition) is 0. The smallest absolute Gasteiger partial charge is 0.136 e. The highest BCUT2D eigenvalue weighted by atomic mass is 16.3. The lowest BCUT2D eigenvalue weighted by molar-refractivity contribution is 0.669. The van der Waals surface area contributed by atoms with E-state index in [-0.39, 0.29) is 0 Å². The van der Waals surface area contributed by atoms with Crippen molar-refractivity contribution in [3.05, 3.63) is 231 Å². The van der Waals surface area contributed by atoms with Gasteiger partial charge in [0.2, 0.25) is 0 Å². The number of furan rings is 1. The number of fused-ring (bicyclic) bond motifs is 10. The summed E-state index contributed by atoms with van der Waals surface area (Å²) in [5.74, 6) is 0. The molecule has 0 unspecified atom stereocenters. The fourth-order valence-electron chi connectivity index (χ4n) is 10.1. The Balaban J connectivity index is 1.02. The minimum Gasteiger partial charge on any atom is -0.456 e. The normalized spacial score (nSPS) is 11.8. The van der Waals surface area contributed by atoms with Crippen LogP contribution < -0.4 is 4.90 Å². The van der Waals surface area contributed by atoms with Crippen LogP contribution in [0.4, 0.5) is 17.1 Å². The number of nitrogens with zero attached hydrogens (tertiary/aromatic N) is 2. The molecule has 0 atom stereocenters. The molecule has 63 heavy (non-hydrogen) atoms. The van der Waals surface area contributed by atoms with E-state index in [0.29, 0.717) is 0 Å². The number of rotatable bonds is 6. The van der Waals surface area contributed by atoms with Crippen molar-refractivity contribution in [2.45, 2.75) is 0 Å². The van der Waals surface area contributed by atoms with Gasteiger partial charge in [0, 0.05) is 44.2 Å². The Labute approximate surface area is 363 Å². The zero-order valence-corrected chi connectivity index (χ0v) is 34.2. The second-order valence-electron chi connectivity index (χ2n) is 16.5. The lowest BCUT2D eigenvalue weighted by Gasteiger charge is -2.29. The molecule has 0 N–H and O–H groups in total. The molecular formula is C60H38N2O. The molecule has 13 aromatic rings. The third-order valence-electron chi connectivity index (χ3n) is 12.9. The van der Waals surface area contributed by atoms with E-state index in [0.717, 1.165) is 55.8 Å². The Kier molecular flexibility index (Phi) is 7.91. The molecule has 0 aliphatic heterocycles. The van der Waals surface area contributed by atoms with Gasteiger partial charge in [-0.2, -0.15) is 0 Å². The quantitative estimate of drug-likeness (QED) is 0.156. The Bertz CT molecular complexity index is 3870. The van der Waals surface area contributed by atoms with Crippen LogP contribution in [0.25, 0.3) is 104 Å². The summed E-state index contributed by atoms with van der Waals surface area (Å²) in [4.78, 5) is 2.42. The standard InChI is InChI=1S/C60H38N2O/c1-2-16-42-37-59-54(36-41(42)15-1)60-53(25-13-29-58(60)63-59)52-22-7-8-26-55(52)61(44-17-11-18-45(38-44)62-56-27-9-5-20-50(56)51-21-6-10-28-57(51)62)43-33-30-40(31-34-43)47-23-12-24-48-46-19-4-3-14-39(46)32-35-49(47)48/h1-38H. The van der Waals surface area contributed by atoms with Gasteiger partial charge in [-0.1, -0.05) is 164 Å². The van der Waals surface area contributed by atoms with Gasteiger partial charge in [-0.25, -0.2) is 0 Å². The van der Waals surface area contributed by atoms with E-state index in [2.05, 4.69) is 240 Å². The highest BCUT2D eigenvalue weighted by Gasteiger charge is 2.22. The molecule has 0 aliphatic rings. The van der Waals surface area contributed by atoms with Gasteiger partial charge in [0.1, 0.15) is 11.2 Å². The molecule has 0 amide bonds. The van der Waals surface area contributed by atoms with Gasteiger partial charge < -0.3 is 13.9 Å². The van der Waals surface area contributed by atoms with Crippen LogP contribution in [0, 0.1) is 0 Å². The molecule has 0 saturated heterocycles. The number of benzene rings is 11. The molecule has 3 nitrogen and oxygen atoms in total. The summed E-state index contributed by atoms with van der Waals surface area (Å²) >= 11 is 0. The number of anilines is 3. The maximum absolute atomic E-state index is 6.61. The fraction of sp³-hybridized carbons (Fsp3) is 0. The van der Waals surface area contributed by atoms with Crippen LogP contribution in [-0.2, 0) is 0 Å². The van der Waals surface area contributed by atoms with Gasteiger partial charge in [0.25, 0.3) is 0 Å². The molecule has 0 fully saturated rings. The predicted octanol–water partition coefficient (Wildman–Crippen LogP) is 16.9. The molecule has 3 heteroatoms. The van der Waals surface area contributed by atoms with Crippen molar-refractivity contribution in [2.75, 3.05) is 4.90 Å². The number of aromatic nitrogens is 1. The van der Waals surface area contributed by atoms with E-state index in [1.165, 1.54) is 65.3 Å². The van der Waals surface area contributed by atoms with Gasteiger partial charge in [0.15, 0.2) is 0 Å². The van der Waals surface area contributed by atoms with E-state index in [9.17, 15) is 0 Å². The SMILES string of the molecule is c1cc(N(c2ccc(-c3cccc4c3ccc3ccccc34)cc2)c2ccccc2-c2cccc3oc4cc5ccccc5cc4c23)cc(-n2c3ccccc3c3ccccc32)c1. The lowest BCUT2D eigenvalue weighted by Crippen LogP contribution is -2.12. The summed E-state index contributed by atoms with van der Waals surface area (Å²) in [5, 5.41) is 12.1. The molecule has 0 bridgehead atoms. The Morgan fingerprint density at radius 3 is 1.76 bits per heavy atom. The zero-order chi connectivity index (χ0) is 41.4. The molecule has 0 radical (unpaired) electrons. The predicted molar refractivity (Wildman–Crippen MR) is 266 cm³/mol. The van der Waals surface area contributed by atoms with E-state index in [1.807, 2.05) is 0 Å². The van der Waals surface area contributed by atoms with Gasteiger partial charge in [-0.05, 0) is 116 Å². The van der Waals surface area contributed by atoms with E-state index in [4.69, 9.17) is 4.42 Å². The summed E-state index contributed by atoms with van der Waals surface area (Å²) < 4.78 is 9.01. The van der Waals surface area contributed by atoms with Crippen LogP contribution >= 0.6 is 0 Å². The second kappa shape index (κ2) is 14.1. The largest absolute Gasteiger partial charge is 0.456 e. The third-order valence-corrected chi connectivity index (χ3v) is 12.9. The highest BCUT2D eigenvalue weighted by Crippen LogP contribution is 2.46. The minimum absolute atomic E-state index is 0.875. The van der Waals surface area contributed by atoms with Gasteiger partial charge in [-0.3, -0.25) is 0 Å². The van der Waals surface area contributed by atoms with Crippen LogP contribution in [0.5, 0.6) is 0 Å². The lowest BCUT2D eigenvalue weighted by atomic mass is 9.94. The van der Waals surface area contributed by atoms with Crippen molar-refractivity contribution in [3.63, 3.8) is 0 Å². The molecule has 13 rings (SSSR count). The zero-order valence-electron chi connectivity index (χ0n) is 34.2. The maximum Gasteiger partial charge on any atom is 0.136 e. The number of para-hydroxylation sites is 3. The Morgan fingerprint density at radius 2 is 0.952 bits per heavy atom. The average Bonchev–Trinajstić information content (AvgIpc) is 3.89. The molecule has 0 aliphatic carbocycles. The van der Waals surface area contributed by atoms with Crippen molar-refractivity contribution < 1.29 is 4.42 Å². The van der Waals surface area contributed by atoms with Crippen LogP contribution in [0.1, 0.15) is 0 Å². The number of hydrogen-bond acceptors (Lipinski definition) is 2. The third kappa shape index (κ3) is 5.60. The van der Waals surface area contributed by atoms with Crippen molar-refractivity contribution in [1.82, 2.24) is 4.57 Å². The van der Waals surface area contributed by atoms with Crippen LogP contribution in [0.3, 0.4) is 0 Å². The van der Waals surface area contributed by atoms with E-state index >= 15 is 0 Å². The van der Waals surface area contributed by atoms with Gasteiger partial charge in [0.05, 0.1) is 16.7 Å². The minimum atomic E-state index is 0.875. The first-order valence-electron chi connectivity index (χ1n) is 21.6. The Hall–Kier alpha value is -8.40. The van der Waals surface area contributed by atoms with Crippen LogP contribution in [0.15, 0.2) is 235 Å². The topological polar surface area (TPSA) is 21.3 Å². The van der Waals surface area contributed by atoms with Crippen LogP contribution in [-0.4, -0.2) is 4.57 Å². The molecule has 11 aromatic carbocycles. The first kappa shape index (κ1) is 35.4. The molecule has 2 heterocycles. The summed E-state index contributed by atoms with van der Waals surface area (Å²) in [6.45, 7) is 0. The van der Waals surface area contributed by atoms with Gasteiger partial charge in [-0.15, -0.1) is 0 Å². The van der Waals surface area contributed by atoms with Crippen molar-refractivity contribution in [1.29, 1.82) is 0 Å². The summed E-state index contributed by atoms with van der Waals surface area (Å²) in [7, 11) is 0. The summed E-state index contributed by atoms with van der Waals surface area (Å²) in [6, 6.07) is 83.6. The van der Waals surface area contributed by atoms with Crippen molar-refractivity contribution in [2.24, 2.45) is 0 Å². The van der Waals surface area contributed by atoms with Crippen LogP contribution in [0.2, 0.25) is 0 Å². The first-order valence-corrected chi connectivity index (χ1v) is 21.6. The highest BCUT2D eigenvalue weighted by molar-refractivity contribution is 6.17. The summed E-state index contributed by atoms with van der Waals surface area (Å²) in [5.41, 5.74) is 13.1.